The predicted molar refractivity (Wildman–Crippen MR) is 111 cm³/mol. The average Bonchev–Trinajstić information content (AvgIpc) is 3.20. The molecule has 0 unspecified atom stereocenters. The van der Waals surface area contributed by atoms with Gasteiger partial charge in [-0.25, -0.2) is 4.98 Å². The standard InChI is InChI=1S/C20H19N3O5S/c1-27-10-9-13-3-5-14(6-4-13)16-12-29-20(21-16)22-19(24)15-7-8-18(28-2)17(11-15)23(25)26/h3-8,11-12H,9-10H2,1-2H3,(H,21,22,24). The van der Waals surface area contributed by atoms with Crippen molar-refractivity contribution in [1.82, 2.24) is 4.98 Å². The number of nitro benzene ring substituents is 1. The van der Waals surface area contributed by atoms with Gasteiger partial charge in [0.15, 0.2) is 10.9 Å². The number of nitro groups is 1. The number of thiazole rings is 1. The molecule has 0 radical (unpaired) electrons. The number of ether oxygens (including phenoxy) is 2. The zero-order valence-corrected chi connectivity index (χ0v) is 16.7. The summed E-state index contributed by atoms with van der Waals surface area (Å²) in [7, 11) is 3.01. The van der Waals surface area contributed by atoms with Gasteiger partial charge in [0.25, 0.3) is 5.91 Å². The summed E-state index contributed by atoms with van der Waals surface area (Å²) in [6.07, 6.45) is 0.836. The van der Waals surface area contributed by atoms with Gasteiger partial charge in [0.2, 0.25) is 0 Å². The van der Waals surface area contributed by atoms with E-state index in [2.05, 4.69) is 10.3 Å². The highest BCUT2D eigenvalue weighted by molar-refractivity contribution is 7.14. The second-order valence-corrected chi connectivity index (χ2v) is 6.93. The van der Waals surface area contributed by atoms with E-state index in [0.29, 0.717) is 11.7 Å². The van der Waals surface area contributed by atoms with Crippen molar-refractivity contribution in [1.29, 1.82) is 0 Å². The van der Waals surface area contributed by atoms with Gasteiger partial charge < -0.3 is 9.47 Å². The molecule has 0 fully saturated rings. The Bertz CT molecular complexity index is 1020. The van der Waals surface area contributed by atoms with Crippen LogP contribution >= 0.6 is 11.3 Å². The fourth-order valence-electron chi connectivity index (χ4n) is 2.67. The molecule has 9 heteroatoms. The topological polar surface area (TPSA) is 104 Å². The van der Waals surface area contributed by atoms with Crippen LogP contribution in [-0.4, -0.2) is 36.6 Å². The second-order valence-electron chi connectivity index (χ2n) is 6.08. The number of anilines is 1. The van der Waals surface area contributed by atoms with Crippen LogP contribution in [0.25, 0.3) is 11.3 Å². The van der Waals surface area contributed by atoms with Crippen LogP contribution in [0.3, 0.4) is 0 Å². The number of nitrogens with zero attached hydrogens (tertiary/aromatic N) is 2. The van der Waals surface area contributed by atoms with Gasteiger partial charge in [0.1, 0.15) is 0 Å². The molecule has 0 atom stereocenters. The molecule has 0 aliphatic heterocycles. The Hall–Kier alpha value is -3.30. The van der Waals surface area contributed by atoms with Crippen molar-refractivity contribution in [3.63, 3.8) is 0 Å². The first-order valence-electron chi connectivity index (χ1n) is 8.69. The fourth-order valence-corrected chi connectivity index (χ4v) is 3.38. The van der Waals surface area contributed by atoms with Gasteiger partial charge >= 0.3 is 5.69 Å². The van der Waals surface area contributed by atoms with Crippen molar-refractivity contribution in [3.8, 4) is 17.0 Å². The average molecular weight is 413 g/mol. The largest absolute Gasteiger partial charge is 0.490 e. The van der Waals surface area contributed by atoms with Crippen molar-refractivity contribution in [2.75, 3.05) is 26.1 Å². The van der Waals surface area contributed by atoms with Crippen LogP contribution in [0.4, 0.5) is 10.8 Å². The predicted octanol–water partition coefficient (Wildman–Crippen LogP) is 4.17. The molecule has 3 aromatic rings. The molecule has 150 valence electrons. The highest BCUT2D eigenvalue weighted by atomic mass is 32.1. The fraction of sp³-hybridized carbons (Fsp3) is 0.200. The number of rotatable bonds is 8. The van der Waals surface area contributed by atoms with Gasteiger partial charge in [-0.15, -0.1) is 11.3 Å². The van der Waals surface area contributed by atoms with Crippen LogP contribution in [0.15, 0.2) is 47.8 Å². The van der Waals surface area contributed by atoms with Gasteiger partial charge in [0.05, 0.1) is 24.3 Å². The van der Waals surface area contributed by atoms with E-state index >= 15 is 0 Å². The van der Waals surface area contributed by atoms with Gasteiger partial charge in [-0.3, -0.25) is 20.2 Å². The molecule has 3 rings (SSSR count). The molecule has 29 heavy (non-hydrogen) atoms. The maximum atomic E-state index is 12.5. The Morgan fingerprint density at radius 2 is 1.97 bits per heavy atom. The molecule has 0 saturated heterocycles. The first kappa shape index (κ1) is 20.4. The number of hydrogen-bond acceptors (Lipinski definition) is 7. The molecule has 0 aliphatic rings. The van der Waals surface area contributed by atoms with Gasteiger partial charge in [-0.2, -0.15) is 0 Å². The highest BCUT2D eigenvalue weighted by Gasteiger charge is 2.19. The van der Waals surface area contributed by atoms with Crippen LogP contribution in [-0.2, 0) is 11.2 Å². The minimum Gasteiger partial charge on any atom is -0.490 e. The summed E-state index contributed by atoms with van der Waals surface area (Å²) < 4.78 is 10.0. The van der Waals surface area contributed by atoms with Crippen LogP contribution in [0.1, 0.15) is 15.9 Å². The van der Waals surface area contributed by atoms with E-state index < -0.39 is 10.8 Å². The molecule has 0 spiro atoms. The monoisotopic (exact) mass is 413 g/mol. The maximum Gasteiger partial charge on any atom is 0.311 e. The molecule has 1 amide bonds. The lowest BCUT2D eigenvalue weighted by Crippen LogP contribution is -2.12. The number of carbonyl (C=O) groups excluding carboxylic acids is 1. The third-order valence-electron chi connectivity index (χ3n) is 4.21. The molecule has 1 heterocycles. The number of nitrogens with one attached hydrogen (secondary N) is 1. The number of hydrogen-bond donors (Lipinski definition) is 1. The van der Waals surface area contributed by atoms with E-state index in [1.165, 1.54) is 42.2 Å². The minimum atomic E-state index is -0.590. The van der Waals surface area contributed by atoms with E-state index in [0.717, 1.165) is 17.7 Å². The molecule has 1 aromatic heterocycles. The van der Waals surface area contributed by atoms with E-state index in [9.17, 15) is 14.9 Å². The minimum absolute atomic E-state index is 0.0945. The Kier molecular flexibility index (Phi) is 6.53. The quantitative estimate of drug-likeness (QED) is 0.439. The lowest BCUT2D eigenvalue weighted by atomic mass is 10.1. The summed E-state index contributed by atoms with van der Waals surface area (Å²) in [6.45, 7) is 0.662. The van der Waals surface area contributed by atoms with Crippen molar-refractivity contribution in [3.05, 3.63) is 69.1 Å². The molecule has 0 saturated carbocycles. The third kappa shape index (κ3) is 4.95. The normalized spacial score (nSPS) is 10.6. The van der Waals surface area contributed by atoms with Crippen molar-refractivity contribution < 1.29 is 19.2 Å². The van der Waals surface area contributed by atoms with Crippen LogP contribution < -0.4 is 10.1 Å². The zero-order chi connectivity index (χ0) is 20.8. The Balaban J connectivity index is 1.72. The molecule has 8 nitrogen and oxygen atoms in total. The van der Waals surface area contributed by atoms with E-state index in [1.807, 2.05) is 29.6 Å². The summed E-state index contributed by atoms with van der Waals surface area (Å²) in [5.41, 5.74) is 2.72. The van der Waals surface area contributed by atoms with E-state index in [1.54, 1.807) is 7.11 Å². The number of carbonyl (C=O) groups is 1. The number of benzene rings is 2. The first-order valence-corrected chi connectivity index (χ1v) is 9.57. The summed E-state index contributed by atoms with van der Waals surface area (Å²) in [4.78, 5) is 27.4. The molecule has 1 N–H and O–H groups in total. The molecule has 2 aromatic carbocycles. The SMILES string of the molecule is COCCc1ccc(-c2csc(NC(=O)c3ccc(OC)c([N+](=O)[O-])c3)n2)cc1. The maximum absolute atomic E-state index is 12.5. The Morgan fingerprint density at radius 1 is 1.21 bits per heavy atom. The second kappa shape index (κ2) is 9.26. The third-order valence-corrected chi connectivity index (χ3v) is 4.96. The Labute approximate surface area is 171 Å². The summed E-state index contributed by atoms with van der Waals surface area (Å²) >= 11 is 1.28. The van der Waals surface area contributed by atoms with Gasteiger partial charge in [0, 0.05) is 29.7 Å². The van der Waals surface area contributed by atoms with Crippen molar-refractivity contribution >= 4 is 28.1 Å². The summed E-state index contributed by atoms with van der Waals surface area (Å²) in [6, 6.07) is 12.0. The summed E-state index contributed by atoms with van der Waals surface area (Å²) in [5, 5.41) is 16.1. The number of aromatic nitrogens is 1. The van der Waals surface area contributed by atoms with Crippen LogP contribution in [0, 0.1) is 10.1 Å². The molecular weight excluding hydrogens is 394 g/mol. The van der Waals surface area contributed by atoms with E-state index in [4.69, 9.17) is 9.47 Å². The summed E-state index contributed by atoms with van der Waals surface area (Å²) in [5.74, 6) is -0.386. The lowest BCUT2D eigenvalue weighted by Gasteiger charge is -2.05. The van der Waals surface area contributed by atoms with E-state index in [-0.39, 0.29) is 17.0 Å². The van der Waals surface area contributed by atoms with Crippen LogP contribution in [0.2, 0.25) is 0 Å². The zero-order valence-electron chi connectivity index (χ0n) is 15.9. The molecular formula is C20H19N3O5S. The Morgan fingerprint density at radius 3 is 2.62 bits per heavy atom. The van der Waals surface area contributed by atoms with Crippen LogP contribution in [0.5, 0.6) is 5.75 Å². The smallest absolute Gasteiger partial charge is 0.311 e. The highest BCUT2D eigenvalue weighted by Crippen LogP contribution is 2.29. The number of methoxy groups -OCH3 is 2. The molecule has 0 aliphatic carbocycles. The van der Waals surface area contributed by atoms with Gasteiger partial charge in [-0.1, -0.05) is 24.3 Å². The number of amides is 1. The van der Waals surface area contributed by atoms with Crippen molar-refractivity contribution in [2.24, 2.45) is 0 Å². The first-order chi connectivity index (χ1) is 14.0. The lowest BCUT2D eigenvalue weighted by molar-refractivity contribution is -0.385. The molecule has 0 bridgehead atoms. The van der Waals surface area contributed by atoms with Gasteiger partial charge in [-0.05, 0) is 24.1 Å². The van der Waals surface area contributed by atoms with Crippen molar-refractivity contribution in [2.45, 2.75) is 6.42 Å².